The Balaban J connectivity index is 1.83. The molecule has 1 saturated heterocycles. The molecule has 0 aliphatic carbocycles. The zero-order valence-corrected chi connectivity index (χ0v) is 12.9. The molecule has 0 N–H and O–H groups in total. The predicted octanol–water partition coefficient (Wildman–Crippen LogP) is 1.09. The van der Waals surface area contributed by atoms with E-state index in [2.05, 4.69) is 11.0 Å². The van der Waals surface area contributed by atoms with Gasteiger partial charge >= 0.3 is 0 Å². The summed E-state index contributed by atoms with van der Waals surface area (Å²) in [4.78, 5) is 2.15. The fourth-order valence-electron chi connectivity index (χ4n) is 2.46. The SMILES string of the molecule is N#CCCN1CCN(S(=O)(=O)CCc2ccccc2)CC1. The molecular formula is C15H21N3O2S. The van der Waals surface area contributed by atoms with Gasteiger partial charge in [0, 0.05) is 39.1 Å². The first-order chi connectivity index (χ1) is 10.1. The highest BCUT2D eigenvalue weighted by Crippen LogP contribution is 2.10. The second-order valence-corrected chi connectivity index (χ2v) is 7.29. The quantitative estimate of drug-likeness (QED) is 0.789. The van der Waals surface area contributed by atoms with Gasteiger partial charge < -0.3 is 0 Å². The lowest BCUT2D eigenvalue weighted by atomic mass is 10.2. The molecule has 6 heteroatoms. The summed E-state index contributed by atoms with van der Waals surface area (Å²) in [6.45, 7) is 3.22. The third-order valence-corrected chi connectivity index (χ3v) is 5.63. The monoisotopic (exact) mass is 307 g/mol. The van der Waals surface area contributed by atoms with Crippen molar-refractivity contribution in [2.45, 2.75) is 12.8 Å². The fourth-order valence-corrected chi connectivity index (χ4v) is 3.93. The molecule has 21 heavy (non-hydrogen) atoms. The van der Waals surface area contributed by atoms with E-state index in [1.54, 1.807) is 4.31 Å². The van der Waals surface area contributed by atoms with E-state index >= 15 is 0 Å². The van der Waals surface area contributed by atoms with Crippen LogP contribution in [-0.2, 0) is 16.4 Å². The molecule has 0 atom stereocenters. The lowest BCUT2D eigenvalue weighted by Crippen LogP contribution is -2.49. The molecule has 0 saturated carbocycles. The molecule has 2 rings (SSSR count). The average Bonchev–Trinajstić information content (AvgIpc) is 2.52. The van der Waals surface area contributed by atoms with Gasteiger partial charge in [0.05, 0.1) is 11.8 Å². The zero-order valence-electron chi connectivity index (χ0n) is 12.1. The van der Waals surface area contributed by atoms with Gasteiger partial charge in [0.25, 0.3) is 0 Å². The van der Waals surface area contributed by atoms with E-state index in [4.69, 9.17) is 5.26 Å². The second kappa shape index (κ2) is 7.55. The minimum absolute atomic E-state index is 0.162. The van der Waals surface area contributed by atoms with Gasteiger partial charge in [-0.25, -0.2) is 8.42 Å². The molecular weight excluding hydrogens is 286 g/mol. The van der Waals surface area contributed by atoms with E-state index < -0.39 is 10.0 Å². The summed E-state index contributed by atoms with van der Waals surface area (Å²) in [6.07, 6.45) is 1.05. The maximum atomic E-state index is 12.3. The Morgan fingerprint density at radius 1 is 1.10 bits per heavy atom. The van der Waals surface area contributed by atoms with Gasteiger partial charge in [0.1, 0.15) is 0 Å². The molecule has 1 aliphatic heterocycles. The number of aryl methyl sites for hydroxylation is 1. The van der Waals surface area contributed by atoms with Crippen LogP contribution in [0.2, 0.25) is 0 Å². The van der Waals surface area contributed by atoms with Crippen molar-refractivity contribution in [2.75, 3.05) is 38.5 Å². The minimum atomic E-state index is -3.18. The number of nitriles is 1. The average molecular weight is 307 g/mol. The third-order valence-electron chi connectivity index (χ3n) is 3.76. The van der Waals surface area contributed by atoms with Crippen molar-refractivity contribution in [2.24, 2.45) is 0 Å². The molecule has 1 aromatic rings. The van der Waals surface area contributed by atoms with Crippen LogP contribution in [0.5, 0.6) is 0 Å². The molecule has 1 fully saturated rings. The highest BCUT2D eigenvalue weighted by molar-refractivity contribution is 7.89. The molecule has 0 bridgehead atoms. The molecule has 1 aliphatic rings. The van der Waals surface area contributed by atoms with Crippen molar-refractivity contribution >= 4 is 10.0 Å². The largest absolute Gasteiger partial charge is 0.300 e. The molecule has 1 heterocycles. The number of hydrogen-bond donors (Lipinski definition) is 0. The zero-order chi connectivity index (χ0) is 15.1. The molecule has 1 aromatic carbocycles. The van der Waals surface area contributed by atoms with Crippen LogP contribution in [0.15, 0.2) is 30.3 Å². The van der Waals surface area contributed by atoms with Crippen molar-refractivity contribution < 1.29 is 8.42 Å². The number of hydrogen-bond acceptors (Lipinski definition) is 4. The van der Waals surface area contributed by atoms with Crippen LogP contribution in [0.3, 0.4) is 0 Å². The summed E-state index contributed by atoms with van der Waals surface area (Å²) < 4.78 is 26.3. The standard InChI is InChI=1S/C15H21N3O2S/c16-8-4-9-17-10-12-18(13-11-17)21(19,20)14-7-15-5-2-1-3-6-15/h1-3,5-6H,4,7,9-14H2. The van der Waals surface area contributed by atoms with Crippen molar-refractivity contribution in [3.8, 4) is 6.07 Å². The first-order valence-electron chi connectivity index (χ1n) is 7.23. The number of sulfonamides is 1. The molecule has 114 valence electrons. The third kappa shape index (κ3) is 4.81. The van der Waals surface area contributed by atoms with Gasteiger partial charge in [-0.15, -0.1) is 0 Å². The van der Waals surface area contributed by atoms with Crippen molar-refractivity contribution in [3.05, 3.63) is 35.9 Å². The summed E-state index contributed by atoms with van der Waals surface area (Å²) in [5.74, 6) is 0.162. The number of nitrogens with zero attached hydrogens (tertiary/aromatic N) is 3. The summed E-state index contributed by atoms with van der Waals surface area (Å²) >= 11 is 0. The van der Waals surface area contributed by atoms with Crippen LogP contribution in [0, 0.1) is 11.3 Å². The Morgan fingerprint density at radius 3 is 2.38 bits per heavy atom. The summed E-state index contributed by atoms with van der Waals surface area (Å²) in [5, 5.41) is 8.57. The van der Waals surface area contributed by atoms with Crippen LogP contribution in [0.1, 0.15) is 12.0 Å². The van der Waals surface area contributed by atoms with E-state index in [1.165, 1.54) is 0 Å². The number of piperazine rings is 1. The Morgan fingerprint density at radius 2 is 1.76 bits per heavy atom. The Kier molecular flexibility index (Phi) is 5.74. The number of rotatable bonds is 6. The van der Waals surface area contributed by atoms with Gasteiger partial charge in [-0.2, -0.15) is 9.57 Å². The van der Waals surface area contributed by atoms with E-state index in [-0.39, 0.29) is 5.75 Å². The van der Waals surface area contributed by atoms with Crippen LogP contribution in [-0.4, -0.2) is 56.1 Å². The van der Waals surface area contributed by atoms with Crippen LogP contribution in [0.4, 0.5) is 0 Å². The Labute approximate surface area is 126 Å². The summed E-state index contributed by atoms with van der Waals surface area (Å²) in [5.41, 5.74) is 1.05. The summed E-state index contributed by atoms with van der Waals surface area (Å²) in [6, 6.07) is 11.8. The highest BCUT2D eigenvalue weighted by Gasteiger charge is 2.26. The first kappa shape index (κ1) is 16.0. The maximum Gasteiger partial charge on any atom is 0.214 e. The molecule has 5 nitrogen and oxygen atoms in total. The van der Waals surface area contributed by atoms with E-state index in [0.717, 1.165) is 12.1 Å². The minimum Gasteiger partial charge on any atom is -0.300 e. The molecule has 0 spiro atoms. The highest BCUT2D eigenvalue weighted by atomic mass is 32.2. The fraction of sp³-hybridized carbons (Fsp3) is 0.533. The van der Waals surface area contributed by atoms with Gasteiger partial charge in [-0.05, 0) is 12.0 Å². The van der Waals surface area contributed by atoms with Gasteiger partial charge in [-0.1, -0.05) is 30.3 Å². The topological polar surface area (TPSA) is 64.4 Å². The maximum absolute atomic E-state index is 12.3. The molecule has 0 radical (unpaired) electrons. The summed E-state index contributed by atoms with van der Waals surface area (Å²) in [7, 11) is -3.18. The van der Waals surface area contributed by atoms with E-state index in [0.29, 0.717) is 39.0 Å². The first-order valence-corrected chi connectivity index (χ1v) is 8.84. The van der Waals surface area contributed by atoms with Gasteiger partial charge in [-0.3, -0.25) is 4.90 Å². The lowest BCUT2D eigenvalue weighted by Gasteiger charge is -2.33. The van der Waals surface area contributed by atoms with Crippen LogP contribution in [0.25, 0.3) is 0 Å². The molecule has 0 unspecified atom stereocenters. The van der Waals surface area contributed by atoms with Gasteiger partial charge in [0.2, 0.25) is 10.0 Å². The van der Waals surface area contributed by atoms with E-state index in [9.17, 15) is 8.42 Å². The second-order valence-electron chi connectivity index (χ2n) is 5.20. The number of benzene rings is 1. The van der Waals surface area contributed by atoms with E-state index in [1.807, 2.05) is 30.3 Å². The normalized spacial score (nSPS) is 17.5. The lowest BCUT2D eigenvalue weighted by molar-refractivity contribution is 0.191. The van der Waals surface area contributed by atoms with Crippen LogP contribution >= 0.6 is 0 Å². The smallest absolute Gasteiger partial charge is 0.214 e. The van der Waals surface area contributed by atoms with Crippen molar-refractivity contribution in [3.63, 3.8) is 0 Å². The van der Waals surface area contributed by atoms with Crippen molar-refractivity contribution in [1.82, 2.24) is 9.21 Å². The van der Waals surface area contributed by atoms with Crippen LogP contribution < -0.4 is 0 Å². The predicted molar refractivity (Wildman–Crippen MR) is 82.2 cm³/mol. The van der Waals surface area contributed by atoms with Crippen molar-refractivity contribution in [1.29, 1.82) is 5.26 Å². The van der Waals surface area contributed by atoms with Gasteiger partial charge in [0.15, 0.2) is 0 Å². The Hall–Kier alpha value is -1.42. The molecule has 0 amide bonds. The molecule has 0 aromatic heterocycles. The Bertz CT molecular complexity index is 573.